The molecular weight excluding hydrogens is 434 g/mol. The number of carboxylic acid groups (broad SMARTS) is 1. The molecule has 2 aromatic heterocycles. The number of aromatic nitrogens is 3. The van der Waals surface area contributed by atoms with Crippen LogP contribution in [-0.2, 0) is 16.8 Å². The number of anilines is 1. The number of hydrogen-bond donors (Lipinski definition) is 2. The summed E-state index contributed by atoms with van der Waals surface area (Å²) in [5, 5.41) is 13.8. The van der Waals surface area contributed by atoms with Crippen molar-refractivity contribution >= 4 is 35.0 Å². The fourth-order valence-electron chi connectivity index (χ4n) is 2.67. The number of nitrogens with two attached hydrogens (primary N) is 1. The molecule has 7 nitrogen and oxygen atoms in total. The van der Waals surface area contributed by atoms with Gasteiger partial charge in [0.2, 0.25) is 0 Å². The monoisotopic (exact) mass is 452 g/mol. The standard InChI is InChI=1S/C20H19Cl2FN4O3/c1-20(2,19(28)29)27-10-12(9-26-27)11-7-16(18(24)25-8-11)30-6-5-13-14(21)3-4-15(23)17(13)22/h3-4,7-10H,5-6H2,1-2H3,(H2,24,25)(H,28,29). The Balaban J connectivity index is 1.78. The molecule has 0 aliphatic heterocycles. The number of nitrogen functional groups attached to an aromatic ring is 1. The minimum Gasteiger partial charge on any atom is -0.489 e. The second kappa shape index (κ2) is 8.49. The lowest BCUT2D eigenvalue weighted by Gasteiger charge is -2.19. The minimum absolute atomic E-state index is 0.0422. The summed E-state index contributed by atoms with van der Waals surface area (Å²) >= 11 is 12.1. The first-order chi connectivity index (χ1) is 14.1. The number of carboxylic acids is 1. The molecule has 0 saturated heterocycles. The highest BCUT2D eigenvalue weighted by atomic mass is 35.5. The van der Waals surface area contributed by atoms with E-state index in [1.54, 1.807) is 26.1 Å². The van der Waals surface area contributed by atoms with Crippen LogP contribution in [0.2, 0.25) is 10.0 Å². The molecule has 1 aromatic carbocycles. The van der Waals surface area contributed by atoms with Gasteiger partial charge in [-0.3, -0.25) is 4.68 Å². The Labute approximate surface area is 182 Å². The fourth-order valence-corrected chi connectivity index (χ4v) is 3.23. The second-order valence-electron chi connectivity index (χ2n) is 7.07. The van der Waals surface area contributed by atoms with Gasteiger partial charge in [0.25, 0.3) is 0 Å². The maximum atomic E-state index is 13.6. The highest BCUT2D eigenvalue weighted by Gasteiger charge is 2.30. The highest BCUT2D eigenvalue weighted by Crippen LogP contribution is 2.30. The van der Waals surface area contributed by atoms with Gasteiger partial charge in [0.15, 0.2) is 17.1 Å². The van der Waals surface area contributed by atoms with E-state index in [2.05, 4.69) is 10.1 Å². The van der Waals surface area contributed by atoms with Crippen molar-refractivity contribution in [3.8, 4) is 16.9 Å². The number of benzene rings is 1. The van der Waals surface area contributed by atoms with E-state index in [-0.39, 0.29) is 23.9 Å². The molecule has 0 unspecified atom stereocenters. The molecule has 10 heteroatoms. The van der Waals surface area contributed by atoms with Crippen LogP contribution in [0.1, 0.15) is 19.4 Å². The van der Waals surface area contributed by atoms with E-state index >= 15 is 0 Å². The molecule has 0 radical (unpaired) electrons. The molecule has 0 aliphatic rings. The van der Waals surface area contributed by atoms with Gasteiger partial charge in [-0.25, -0.2) is 14.2 Å². The third-order valence-electron chi connectivity index (χ3n) is 4.64. The zero-order valence-electron chi connectivity index (χ0n) is 16.2. The quantitative estimate of drug-likeness (QED) is 0.514. The Bertz CT molecular complexity index is 1100. The number of pyridine rings is 1. The van der Waals surface area contributed by atoms with Crippen LogP contribution < -0.4 is 10.5 Å². The molecule has 0 saturated carbocycles. The van der Waals surface area contributed by atoms with E-state index in [0.717, 1.165) is 0 Å². The third kappa shape index (κ3) is 4.34. The van der Waals surface area contributed by atoms with Crippen molar-refractivity contribution in [2.75, 3.05) is 12.3 Å². The molecule has 3 aromatic rings. The topological polar surface area (TPSA) is 103 Å². The Morgan fingerprint density at radius 3 is 2.73 bits per heavy atom. The normalized spacial score (nSPS) is 11.5. The maximum Gasteiger partial charge on any atom is 0.331 e. The number of rotatable bonds is 7. The van der Waals surface area contributed by atoms with Crippen LogP contribution in [0, 0.1) is 5.82 Å². The summed E-state index contributed by atoms with van der Waals surface area (Å²) in [5.41, 5.74) is 6.43. The van der Waals surface area contributed by atoms with E-state index in [1.807, 2.05) is 0 Å². The molecule has 0 bridgehead atoms. The van der Waals surface area contributed by atoms with E-state index in [0.29, 0.717) is 27.5 Å². The van der Waals surface area contributed by atoms with Crippen LogP contribution >= 0.6 is 23.2 Å². The number of nitrogens with zero attached hydrogens (tertiary/aromatic N) is 3. The Kier molecular flexibility index (Phi) is 6.19. The molecule has 3 rings (SSSR count). The van der Waals surface area contributed by atoms with Crippen LogP contribution in [0.3, 0.4) is 0 Å². The van der Waals surface area contributed by atoms with Gasteiger partial charge in [-0.2, -0.15) is 5.10 Å². The van der Waals surface area contributed by atoms with Gasteiger partial charge in [-0.15, -0.1) is 0 Å². The smallest absolute Gasteiger partial charge is 0.331 e. The minimum atomic E-state index is -1.21. The molecule has 0 amide bonds. The van der Waals surface area contributed by atoms with Crippen LogP contribution in [0.5, 0.6) is 5.75 Å². The average Bonchev–Trinajstić information content (AvgIpc) is 3.20. The van der Waals surface area contributed by atoms with E-state index < -0.39 is 17.3 Å². The summed E-state index contributed by atoms with van der Waals surface area (Å²) in [4.78, 5) is 15.5. The highest BCUT2D eigenvalue weighted by molar-refractivity contribution is 6.36. The van der Waals surface area contributed by atoms with E-state index in [1.165, 1.54) is 29.2 Å². The summed E-state index contributed by atoms with van der Waals surface area (Å²) in [5.74, 6) is -1.07. The van der Waals surface area contributed by atoms with Gasteiger partial charge in [0, 0.05) is 35.0 Å². The Hall–Kier alpha value is -2.84. The molecule has 30 heavy (non-hydrogen) atoms. The predicted molar refractivity (Wildman–Crippen MR) is 112 cm³/mol. The number of aliphatic carboxylic acids is 1. The first kappa shape index (κ1) is 21.9. The molecule has 158 valence electrons. The van der Waals surface area contributed by atoms with Gasteiger partial charge in [-0.05, 0) is 37.6 Å². The van der Waals surface area contributed by atoms with Gasteiger partial charge in [-0.1, -0.05) is 23.2 Å². The van der Waals surface area contributed by atoms with E-state index in [4.69, 9.17) is 33.7 Å². The van der Waals surface area contributed by atoms with Crippen molar-refractivity contribution in [3.05, 3.63) is 58.2 Å². The van der Waals surface area contributed by atoms with Gasteiger partial charge < -0.3 is 15.6 Å². The van der Waals surface area contributed by atoms with Crippen LogP contribution in [0.15, 0.2) is 36.8 Å². The molecule has 2 heterocycles. The molecule has 0 fully saturated rings. The first-order valence-corrected chi connectivity index (χ1v) is 9.66. The van der Waals surface area contributed by atoms with Gasteiger partial charge in [0.1, 0.15) is 5.82 Å². The predicted octanol–water partition coefficient (Wildman–Crippen LogP) is 4.41. The lowest BCUT2D eigenvalue weighted by molar-refractivity contribution is -0.146. The molecule has 0 aliphatic carbocycles. The SMILES string of the molecule is CC(C)(C(=O)O)n1cc(-c2cnc(N)c(OCCc3c(Cl)ccc(F)c3Cl)c2)cn1. The van der Waals surface area contributed by atoms with Gasteiger partial charge >= 0.3 is 5.97 Å². The molecule has 3 N–H and O–H groups in total. The number of carbonyl (C=O) groups is 1. The van der Waals surface area contributed by atoms with Crippen molar-refractivity contribution in [2.45, 2.75) is 25.8 Å². The van der Waals surface area contributed by atoms with E-state index in [9.17, 15) is 14.3 Å². The Morgan fingerprint density at radius 2 is 2.03 bits per heavy atom. The molecular formula is C20H19Cl2FN4O3. The zero-order chi connectivity index (χ0) is 22.1. The van der Waals surface area contributed by atoms with Gasteiger partial charge in [0.05, 0.1) is 17.8 Å². The zero-order valence-corrected chi connectivity index (χ0v) is 17.7. The van der Waals surface area contributed by atoms with Crippen LogP contribution in [0.25, 0.3) is 11.1 Å². The maximum absolute atomic E-state index is 13.6. The largest absolute Gasteiger partial charge is 0.489 e. The summed E-state index contributed by atoms with van der Waals surface area (Å²) in [6, 6.07) is 4.31. The number of hydrogen-bond acceptors (Lipinski definition) is 5. The van der Waals surface area contributed by atoms with Crippen LogP contribution in [0.4, 0.5) is 10.2 Å². The van der Waals surface area contributed by atoms with Crippen molar-refractivity contribution < 1.29 is 19.0 Å². The summed E-state index contributed by atoms with van der Waals surface area (Å²) in [7, 11) is 0. The van der Waals surface area contributed by atoms with Crippen LogP contribution in [-0.4, -0.2) is 32.4 Å². The van der Waals surface area contributed by atoms with Crippen molar-refractivity contribution in [1.82, 2.24) is 14.8 Å². The Morgan fingerprint density at radius 1 is 1.30 bits per heavy atom. The summed E-state index contributed by atoms with van der Waals surface area (Å²) in [6.45, 7) is 3.23. The average molecular weight is 453 g/mol. The number of ether oxygens (including phenoxy) is 1. The van der Waals surface area contributed by atoms with Crippen molar-refractivity contribution in [1.29, 1.82) is 0 Å². The third-order valence-corrected chi connectivity index (χ3v) is 5.41. The summed E-state index contributed by atoms with van der Waals surface area (Å²) < 4.78 is 20.7. The molecule has 0 atom stereocenters. The number of halogens is 3. The lowest BCUT2D eigenvalue weighted by Crippen LogP contribution is -2.35. The lowest BCUT2D eigenvalue weighted by atomic mass is 10.1. The second-order valence-corrected chi connectivity index (χ2v) is 7.85. The first-order valence-electron chi connectivity index (χ1n) is 8.91. The fraction of sp³-hybridized carbons (Fsp3) is 0.250. The molecule has 0 spiro atoms. The van der Waals surface area contributed by atoms with Crippen molar-refractivity contribution in [2.24, 2.45) is 0 Å². The van der Waals surface area contributed by atoms with Crippen molar-refractivity contribution in [3.63, 3.8) is 0 Å². The summed E-state index contributed by atoms with van der Waals surface area (Å²) in [6.07, 6.45) is 4.95.